The standard InChI is InChI=1S/C37H38F2N8O10/c38-22-12-20-27(14-25(22)48)57-28-15-26(49)23(39)13-21(28)29(20)18-6-5-17(11-19(18)32(51)52)31(50)42-8-3-1-2-4-9-43-35(53)56-16-24-30-37(46-33(40)45-30)36(54,55)7-10-47(37)34(41)44-24/h5-6,11-15,24,30,48,54-55H,1-4,7-10,16H2,(H2,41,44)(H,42,50)(H,43,53)(H,51,52)(H3,40,45,46)/t24?,30-,37-/m0/s1. The van der Waals surface area contributed by atoms with Gasteiger partial charge in [-0.25, -0.2) is 18.4 Å². The fourth-order valence-electron chi connectivity index (χ4n) is 7.74. The summed E-state index contributed by atoms with van der Waals surface area (Å²) in [5, 5.41) is 71.8. The zero-order valence-corrected chi connectivity index (χ0v) is 30.0. The molecule has 0 saturated carbocycles. The molecule has 0 bridgehead atoms. The number of aliphatic hydroxyl groups is 2. The van der Waals surface area contributed by atoms with Crippen LogP contribution in [-0.2, 0) is 4.74 Å². The van der Waals surface area contributed by atoms with E-state index in [-0.39, 0.29) is 89.1 Å². The first-order chi connectivity index (χ1) is 27.1. The van der Waals surface area contributed by atoms with Crippen LogP contribution in [0.4, 0.5) is 13.6 Å². The van der Waals surface area contributed by atoms with Crippen molar-refractivity contribution in [3.8, 4) is 28.2 Å². The van der Waals surface area contributed by atoms with Crippen molar-refractivity contribution >= 4 is 40.9 Å². The van der Waals surface area contributed by atoms with E-state index in [1.165, 1.54) is 17.0 Å². The van der Waals surface area contributed by atoms with Crippen molar-refractivity contribution in [1.82, 2.24) is 31.5 Å². The van der Waals surface area contributed by atoms with Gasteiger partial charge in [0, 0.05) is 60.3 Å². The van der Waals surface area contributed by atoms with Gasteiger partial charge in [-0.15, -0.1) is 0 Å². The first-order valence-electron chi connectivity index (χ1n) is 18.0. The Balaban J connectivity index is 0.898. The van der Waals surface area contributed by atoms with Crippen molar-refractivity contribution in [3.05, 3.63) is 75.4 Å². The third-order valence-corrected chi connectivity index (χ3v) is 10.5. The quantitative estimate of drug-likeness (QED) is 0.0554. The predicted molar refractivity (Wildman–Crippen MR) is 197 cm³/mol. The van der Waals surface area contributed by atoms with E-state index in [1.807, 2.05) is 0 Å². The van der Waals surface area contributed by atoms with Crippen LogP contribution in [0.2, 0.25) is 0 Å². The summed E-state index contributed by atoms with van der Waals surface area (Å²) in [5.74, 6) is -7.61. The minimum absolute atomic E-state index is 0.00577. The lowest BCUT2D eigenvalue weighted by atomic mass is 9.86. The van der Waals surface area contributed by atoms with Gasteiger partial charge in [0.25, 0.3) is 5.91 Å². The van der Waals surface area contributed by atoms with Crippen molar-refractivity contribution < 1.29 is 52.7 Å². The average molecular weight is 793 g/mol. The Labute approximate surface area is 321 Å². The summed E-state index contributed by atoms with van der Waals surface area (Å²) < 4.78 is 40.0. The van der Waals surface area contributed by atoms with Gasteiger partial charge in [0.2, 0.25) is 11.2 Å². The van der Waals surface area contributed by atoms with Crippen LogP contribution >= 0.6 is 0 Å². The summed E-state index contributed by atoms with van der Waals surface area (Å²) in [5.41, 5.74) is -3.07. The number of benzene rings is 3. The Morgan fingerprint density at radius 2 is 1.70 bits per heavy atom. The number of amides is 2. The fraction of sp³-hybridized carbons (Fsp3) is 0.351. The van der Waals surface area contributed by atoms with Gasteiger partial charge in [-0.3, -0.25) is 20.4 Å². The molecule has 0 aromatic heterocycles. The van der Waals surface area contributed by atoms with Crippen molar-refractivity contribution in [2.24, 2.45) is 0 Å². The van der Waals surface area contributed by atoms with Crippen molar-refractivity contribution in [2.45, 2.75) is 55.6 Å². The van der Waals surface area contributed by atoms with E-state index in [9.17, 15) is 48.4 Å². The Bertz CT molecular complexity index is 2360. The van der Waals surface area contributed by atoms with Gasteiger partial charge in [-0.1, -0.05) is 18.9 Å². The van der Waals surface area contributed by atoms with E-state index in [1.54, 1.807) is 0 Å². The van der Waals surface area contributed by atoms with Crippen LogP contribution in [-0.4, -0.2) is 105 Å². The lowest BCUT2D eigenvalue weighted by molar-refractivity contribution is -0.223. The molecule has 2 aromatic carbocycles. The van der Waals surface area contributed by atoms with Crippen LogP contribution in [0.25, 0.3) is 33.4 Å². The lowest BCUT2D eigenvalue weighted by Crippen LogP contribution is -2.80. The number of phenols is 1. The molecular weight excluding hydrogens is 754 g/mol. The Morgan fingerprint density at radius 3 is 2.44 bits per heavy atom. The fourth-order valence-corrected chi connectivity index (χ4v) is 7.74. The second kappa shape index (κ2) is 14.8. The van der Waals surface area contributed by atoms with Crippen LogP contribution in [0.15, 0.2) is 51.7 Å². The van der Waals surface area contributed by atoms with Gasteiger partial charge in [0.1, 0.15) is 18.0 Å². The molecule has 1 aliphatic carbocycles. The molecular formula is C37H38F2N8O10. The molecule has 11 N–H and O–H groups in total. The summed E-state index contributed by atoms with van der Waals surface area (Å²) in [4.78, 5) is 51.4. The van der Waals surface area contributed by atoms with Gasteiger partial charge < -0.3 is 61.1 Å². The maximum atomic E-state index is 14.5. The van der Waals surface area contributed by atoms with Gasteiger partial charge in [0.15, 0.2) is 35.0 Å². The molecule has 3 atom stereocenters. The van der Waals surface area contributed by atoms with Gasteiger partial charge >= 0.3 is 12.1 Å². The number of carboxylic acid groups (broad SMARTS) is 1. The van der Waals surface area contributed by atoms with Crippen molar-refractivity contribution in [1.29, 1.82) is 10.8 Å². The summed E-state index contributed by atoms with van der Waals surface area (Å²) >= 11 is 0. The molecule has 5 aliphatic rings. The number of ether oxygens (including phenoxy) is 1. The van der Waals surface area contributed by atoms with E-state index < -0.39 is 64.3 Å². The molecule has 3 saturated heterocycles. The molecule has 2 aromatic rings. The molecule has 2 amide bonds. The zero-order chi connectivity index (χ0) is 40.8. The van der Waals surface area contributed by atoms with E-state index >= 15 is 0 Å². The number of phenolic OH excluding ortho intramolecular Hbond substituents is 1. The predicted octanol–water partition coefficient (Wildman–Crippen LogP) is 1.75. The number of nitrogens with zero attached hydrogens (tertiary/aromatic N) is 1. The minimum Gasteiger partial charge on any atom is -0.505 e. The molecule has 57 heavy (non-hydrogen) atoms. The smallest absolute Gasteiger partial charge is 0.407 e. The number of fused-ring (bicyclic) bond motifs is 2. The average Bonchev–Trinajstić information content (AvgIpc) is 3.66. The van der Waals surface area contributed by atoms with Crippen molar-refractivity contribution in [2.75, 3.05) is 26.2 Å². The number of hydrogen-bond acceptors (Lipinski definition) is 11. The number of nitrogens with one attached hydrogen (secondary N) is 7. The largest absolute Gasteiger partial charge is 0.505 e. The van der Waals surface area contributed by atoms with E-state index in [0.29, 0.717) is 25.7 Å². The highest BCUT2D eigenvalue weighted by Gasteiger charge is 2.70. The highest BCUT2D eigenvalue weighted by molar-refractivity contribution is 6.09. The minimum atomic E-state index is -2.25. The normalized spacial score (nSPS) is 20.7. The van der Waals surface area contributed by atoms with E-state index in [2.05, 4.69) is 26.6 Å². The summed E-state index contributed by atoms with van der Waals surface area (Å²) in [6, 6.07) is 5.82. The van der Waals surface area contributed by atoms with Crippen LogP contribution in [0.1, 0.15) is 52.8 Å². The third-order valence-electron chi connectivity index (χ3n) is 10.5. The molecule has 1 spiro atoms. The number of rotatable bonds is 12. The Morgan fingerprint density at radius 1 is 0.965 bits per heavy atom. The van der Waals surface area contributed by atoms with Gasteiger partial charge in [0.05, 0.1) is 17.6 Å². The molecule has 3 fully saturated rings. The second-order valence-corrected chi connectivity index (χ2v) is 14.0. The maximum absolute atomic E-state index is 14.5. The number of carboxylic acids is 1. The number of aromatic hydroxyl groups is 1. The molecule has 7 rings (SSSR count). The molecule has 18 nitrogen and oxygen atoms in total. The molecule has 4 heterocycles. The van der Waals surface area contributed by atoms with Gasteiger partial charge in [-0.05, 0) is 42.7 Å². The highest BCUT2D eigenvalue weighted by atomic mass is 19.1. The molecule has 1 unspecified atom stereocenters. The third kappa shape index (κ3) is 6.97. The topological polar surface area (TPSA) is 283 Å². The Kier molecular flexibility index (Phi) is 10.1. The van der Waals surface area contributed by atoms with Crippen LogP contribution in [0.3, 0.4) is 0 Å². The monoisotopic (exact) mass is 792 g/mol. The molecule has 4 aliphatic heterocycles. The maximum Gasteiger partial charge on any atom is 0.407 e. The molecule has 20 heteroatoms. The van der Waals surface area contributed by atoms with Crippen LogP contribution in [0.5, 0.6) is 5.75 Å². The van der Waals surface area contributed by atoms with Crippen LogP contribution < -0.4 is 32.0 Å². The number of aromatic carboxylic acids is 1. The van der Waals surface area contributed by atoms with Crippen molar-refractivity contribution in [3.63, 3.8) is 0 Å². The summed E-state index contributed by atoms with van der Waals surface area (Å²) in [6.07, 6.45) is 1.72. The number of hydrogen-bond donors (Lipinski definition) is 11. The number of guanidine groups is 2. The number of alkyl carbamates (subject to hydrolysis) is 1. The Hall–Kier alpha value is -6.54. The SMILES string of the molecule is N=C1N[C@H]2C(COC(=O)NCCCCCCNC(=O)c3ccc(-c4c5cc(F)c(=O)cc-5oc5cc(O)c(F)cc45)c(C(=O)O)c3)NC(=N)N3CCC(O)(O)[C@]23N1. The number of halogens is 2. The second-order valence-electron chi connectivity index (χ2n) is 14.0. The number of unbranched alkanes of at least 4 members (excludes halogenated alkanes) is 3. The zero-order valence-electron chi connectivity index (χ0n) is 30.0. The molecule has 300 valence electrons. The summed E-state index contributed by atoms with van der Waals surface area (Å²) in [7, 11) is 0. The molecule has 0 radical (unpaired) electrons. The number of carbonyl (C=O) groups excluding carboxylic acids is 2. The first-order valence-corrected chi connectivity index (χ1v) is 18.0. The van der Waals surface area contributed by atoms with Gasteiger partial charge in [-0.2, -0.15) is 0 Å². The van der Waals surface area contributed by atoms with E-state index in [0.717, 1.165) is 30.3 Å². The van der Waals surface area contributed by atoms with Crippen LogP contribution in [0, 0.1) is 22.5 Å². The first kappa shape index (κ1) is 38.7. The lowest BCUT2D eigenvalue weighted by Gasteiger charge is -2.51. The van der Waals surface area contributed by atoms with E-state index in [4.69, 9.17) is 20.0 Å². The highest BCUT2D eigenvalue weighted by Crippen LogP contribution is 2.44. The summed E-state index contributed by atoms with van der Waals surface area (Å²) in [6.45, 7) is 0.469. The number of carbonyl (C=O) groups is 3.